The number of fused-ring (bicyclic) bond motifs is 7. The van der Waals surface area contributed by atoms with Crippen LogP contribution in [-0.4, -0.2) is 105 Å². The largest absolute Gasteiger partial charge is 0.481 e. The number of carboxylic acids is 1. The highest BCUT2D eigenvalue weighted by Crippen LogP contribution is 2.76. The van der Waals surface area contributed by atoms with Gasteiger partial charge in [-0.15, -0.1) is 0 Å². The van der Waals surface area contributed by atoms with Gasteiger partial charge in [-0.2, -0.15) is 0 Å². The third-order valence-electron chi connectivity index (χ3n) is 16.9. The Labute approximate surface area is 309 Å². The molecule has 0 amide bonds. The molecule has 0 aromatic carbocycles. The summed E-state index contributed by atoms with van der Waals surface area (Å²) in [4.78, 5) is 13.0. The maximum absolute atomic E-state index is 13.0. The smallest absolute Gasteiger partial charge is 0.310 e. The number of carboxylic acid groups (broad SMARTS) is 1. The molecule has 7 aliphatic rings. The van der Waals surface area contributed by atoms with Gasteiger partial charge in [0.25, 0.3) is 0 Å². The van der Waals surface area contributed by atoms with Crippen LogP contribution in [0.4, 0.5) is 0 Å². The standard InChI is InChI=1S/C41H66O11/c1-21-28(42)30(44)32(46)34(50-21)51-24-20-49-33(31(45)29(24)43)52-27-12-13-38(6)25(37(27,4)5)11-14-40(8)26(38)10-9-22-23-19-36(2,3)15-17-41(23,35(47)48)18-16-39(22,40)7/h9,21,23-34,42-46H,10-20H2,1-8H3,(H,47,48). The van der Waals surface area contributed by atoms with Crippen molar-refractivity contribution in [3.63, 3.8) is 0 Å². The van der Waals surface area contributed by atoms with Gasteiger partial charge in [0.2, 0.25) is 0 Å². The molecule has 2 heterocycles. The van der Waals surface area contributed by atoms with E-state index in [4.69, 9.17) is 18.9 Å². The highest BCUT2D eigenvalue weighted by Gasteiger charge is 2.69. The number of rotatable bonds is 5. The zero-order valence-corrected chi connectivity index (χ0v) is 32.6. The zero-order valence-electron chi connectivity index (χ0n) is 32.6. The minimum absolute atomic E-state index is 0.0369. The summed E-state index contributed by atoms with van der Waals surface area (Å²) in [5.74, 6) is 0.273. The maximum Gasteiger partial charge on any atom is 0.310 e. The van der Waals surface area contributed by atoms with Crippen molar-refractivity contribution in [1.29, 1.82) is 0 Å². The SMILES string of the molecule is CC1OC(OC2COC(OC3CCC4(C)C(CCC5(C)C4CC=C4C6CC(C)(C)CCC6(C(=O)O)CCC45C)C3(C)C)C(O)C2O)C(O)C(O)C1O. The number of carbonyl (C=O) groups is 1. The summed E-state index contributed by atoms with van der Waals surface area (Å²) in [5.41, 5.74) is 0.683. The molecule has 7 rings (SSSR count). The number of aliphatic carboxylic acids is 1. The summed E-state index contributed by atoms with van der Waals surface area (Å²) in [6.45, 7) is 18.1. The van der Waals surface area contributed by atoms with Gasteiger partial charge >= 0.3 is 5.97 Å². The molecule has 17 unspecified atom stereocenters. The van der Waals surface area contributed by atoms with Crippen LogP contribution in [-0.2, 0) is 23.7 Å². The fourth-order valence-corrected chi connectivity index (χ4v) is 13.3. The van der Waals surface area contributed by atoms with Gasteiger partial charge in [-0.3, -0.25) is 4.79 Å². The lowest BCUT2D eigenvalue weighted by molar-refractivity contribution is -0.348. The first-order valence-electron chi connectivity index (χ1n) is 20.1. The van der Waals surface area contributed by atoms with Crippen molar-refractivity contribution in [2.75, 3.05) is 6.61 Å². The van der Waals surface area contributed by atoms with Gasteiger partial charge in [0.05, 0.1) is 24.2 Å². The van der Waals surface area contributed by atoms with Gasteiger partial charge in [0.15, 0.2) is 12.6 Å². The van der Waals surface area contributed by atoms with E-state index in [0.29, 0.717) is 11.8 Å². The van der Waals surface area contributed by atoms with Crippen LogP contribution in [0, 0.1) is 50.2 Å². The molecule has 2 saturated heterocycles. The van der Waals surface area contributed by atoms with Crippen LogP contribution in [0.15, 0.2) is 11.6 Å². The number of hydrogen-bond acceptors (Lipinski definition) is 10. The maximum atomic E-state index is 13.0. The first kappa shape index (κ1) is 39.1. The van der Waals surface area contributed by atoms with Gasteiger partial charge in [0.1, 0.15) is 36.6 Å². The molecule has 0 radical (unpaired) electrons. The van der Waals surface area contributed by atoms with E-state index in [-0.39, 0.29) is 45.7 Å². The van der Waals surface area contributed by atoms with E-state index in [1.807, 2.05) is 0 Å². The molecule has 6 fully saturated rings. The van der Waals surface area contributed by atoms with Gasteiger partial charge < -0.3 is 49.6 Å². The Bertz CT molecular complexity index is 1410. The van der Waals surface area contributed by atoms with E-state index < -0.39 is 66.7 Å². The number of hydrogen-bond donors (Lipinski definition) is 6. The summed E-state index contributed by atoms with van der Waals surface area (Å²) in [7, 11) is 0. The predicted molar refractivity (Wildman–Crippen MR) is 191 cm³/mol. The van der Waals surface area contributed by atoms with Crippen molar-refractivity contribution in [2.24, 2.45) is 50.2 Å². The predicted octanol–water partition coefficient (Wildman–Crippen LogP) is 4.55. The third kappa shape index (κ3) is 5.64. The summed E-state index contributed by atoms with van der Waals surface area (Å²) in [6, 6.07) is 0. The molecule has 0 spiro atoms. The topological polar surface area (TPSA) is 175 Å². The van der Waals surface area contributed by atoms with Crippen molar-refractivity contribution in [3.8, 4) is 0 Å². The van der Waals surface area contributed by atoms with Crippen LogP contribution < -0.4 is 0 Å². The molecule has 0 aromatic heterocycles. The fraction of sp³-hybridized carbons (Fsp3) is 0.927. The molecule has 296 valence electrons. The van der Waals surface area contributed by atoms with Crippen molar-refractivity contribution in [2.45, 2.75) is 181 Å². The Morgan fingerprint density at radius 3 is 2.13 bits per heavy atom. The van der Waals surface area contributed by atoms with Crippen molar-refractivity contribution < 1.29 is 54.4 Å². The van der Waals surface area contributed by atoms with Crippen molar-refractivity contribution >= 4 is 5.97 Å². The molecule has 0 aromatic rings. The second-order valence-corrected chi connectivity index (χ2v) is 20.2. The van der Waals surface area contributed by atoms with Gasteiger partial charge in [-0.05, 0) is 116 Å². The molecule has 11 nitrogen and oxygen atoms in total. The lowest BCUT2D eigenvalue weighted by Gasteiger charge is -2.71. The van der Waals surface area contributed by atoms with Crippen LogP contribution >= 0.6 is 0 Å². The highest BCUT2D eigenvalue weighted by molar-refractivity contribution is 5.76. The van der Waals surface area contributed by atoms with E-state index in [9.17, 15) is 35.4 Å². The van der Waals surface area contributed by atoms with Crippen LogP contribution in [0.1, 0.15) is 120 Å². The van der Waals surface area contributed by atoms with Crippen LogP contribution in [0.2, 0.25) is 0 Å². The van der Waals surface area contributed by atoms with Gasteiger partial charge in [-0.25, -0.2) is 0 Å². The Balaban J connectivity index is 1.06. The quantitative estimate of drug-likeness (QED) is 0.173. The summed E-state index contributed by atoms with van der Waals surface area (Å²) >= 11 is 0. The number of aliphatic hydroxyl groups is 5. The Kier molecular flexibility index (Phi) is 9.74. The van der Waals surface area contributed by atoms with Crippen molar-refractivity contribution in [3.05, 3.63) is 11.6 Å². The van der Waals surface area contributed by atoms with Gasteiger partial charge in [0, 0.05) is 0 Å². The molecular weight excluding hydrogens is 668 g/mol. The second kappa shape index (κ2) is 12.9. The summed E-state index contributed by atoms with van der Waals surface area (Å²) in [6.07, 6.45) is 0.0764. The molecule has 6 N–H and O–H groups in total. The average molecular weight is 735 g/mol. The average Bonchev–Trinajstić information content (AvgIpc) is 3.06. The normalized spacial score (nSPS) is 54.1. The van der Waals surface area contributed by atoms with E-state index >= 15 is 0 Å². The molecule has 4 saturated carbocycles. The van der Waals surface area contributed by atoms with Gasteiger partial charge in [-0.1, -0.05) is 60.1 Å². The van der Waals surface area contributed by atoms with E-state index in [0.717, 1.165) is 64.2 Å². The molecule has 5 aliphatic carbocycles. The van der Waals surface area contributed by atoms with Crippen LogP contribution in [0.5, 0.6) is 0 Å². The molecule has 17 atom stereocenters. The Morgan fingerprint density at radius 1 is 0.769 bits per heavy atom. The molecule has 0 bridgehead atoms. The number of aliphatic hydroxyl groups excluding tert-OH is 5. The Hall–Kier alpha value is -1.15. The van der Waals surface area contributed by atoms with Crippen molar-refractivity contribution in [1.82, 2.24) is 0 Å². The van der Waals surface area contributed by atoms with E-state index in [1.165, 1.54) is 5.57 Å². The molecular formula is C41H66O11. The van der Waals surface area contributed by atoms with Crippen LogP contribution in [0.3, 0.4) is 0 Å². The molecule has 11 heteroatoms. The monoisotopic (exact) mass is 734 g/mol. The molecule has 52 heavy (non-hydrogen) atoms. The van der Waals surface area contributed by atoms with E-state index in [1.54, 1.807) is 6.92 Å². The van der Waals surface area contributed by atoms with E-state index in [2.05, 4.69) is 54.5 Å². The van der Waals surface area contributed by atoms with Crippen LogP contribution in [0.25, 0.3) is 0 Å². The third-order valence-corrected chi connectivity index (χ3v) is 16.9. The first-order valence-corrected chi connectivity index (χ1v) is 20.1. The molecule has 2 aliphatic heterocycles. The minimum atomic E-state index is -1.54. The highest BCUT2D eigenvalue weighted by atomic mass is 16.7. The summed E-state index contributed by atoms with van der Waals surface area (Å²) < 4.78 is 23.9. The second-order valence-electron chi connectivity index (χ2n) is 20.2. The summed E-state index contributed by atoms with van der Waals surface area (Å²) in [5, 5.41) is 63.6. The number of allylic oxidation sites excluding steroid dienone is 2. The first-order chi connectivity index (χ1) is 24.1. The zero-order chi connectivity index (χ0) is 38.0. The lowest BCUT2D eigenvalue weighted by Crippen LogP contribution is -2.66. The number of ether oxygens (including phenoxy) is 4. The fourth-order valence-electron chi connectivity index (χ4n) is 13.3. The minimum Gasteiger partial charge on any atom is -0.481 e. The Morgan fingerprint density at radius 2 is 1.44 bits per heavy atom. The lowest BCUT2D eigenvalue weighted by atomic mass is 9.33.